The number of hydrogen-bond donors (Lipinski definition) is 2. The van der Waals surface area contributed by atoms with E-state index in [1.807, 2.05) is 0 Å². The second-order valence-electron chi connectivity index (χ2n) is 3.55. The van der Waals surface area contributed by atoms with Crippen LogP contribution in [0, 0.1) is 5.82 Å². The standard InChI is InChI=1S/C13H11FO2/c14-11-6-4-9(5-7-11)13(16)10-2-1-3-12(15)8-10/h1-8,13,15-16H. The van der Waals surface area contributed by atoms with Crippen molar-refractivity contribution >= 4 is 0 Å². The summed E-state index contributed by atoms with van der Waals surface area (Å²) in [5, 5.41) is 19.3. The van der Waals surface area contributed by atoms with Gasteiger partial charge in [-0.1, -0.05) is 24.3 Å². The minimum Gasteiger partial charge on any atom is -0.508 e. The number of phenolic OH excluding ortho intramolecular Hbond substituents is 1. The van der Waals surface area contributed by atoms with E-state index < -0.39 is 6.10 Å². The molecule has 3 heteroatoms. The first-order valence-electron chi connectivity index (χ1n) is 4.89. The zero-order chi connectivity index (χ0) is 11.5. The number of benzene rings is 2. The normalized spacial score (nSPS) is 12.4. The number of hydrogen-bond acceptors (Lipinski definition) is 2. The van der Waals surface area contributed by atoms with E-state index in [1.54, 1.807) is 12.1 Å². The maximum absolute atomic E-state index is 12.7. The first-order valence-corrected chi connectivity index (χ1v) is 4.89. The number of halogens is 1. The molecule has 2 rings (SSSR count). The fourth-order valence-corrected chi connectivity index (χ4v) is 1.53. The lowest BCUT2D eigenvalue weighted by Crippen LogP contribution is -1.99. The Kier molecular flexibility index (Phi) is 2.88. The molecule has 0 heterocycles. The van der Waals surface area contributed by atoms with Gasteiger partial charge in [0.2, 0.25) is 0 Å². The lowest BCUT2D eigenvalue weighted by atomic mass is 10.0. The van der Waals surface area contributed by atoms with Crippen molar-refractivity contribution < 1.29 is 14.6 Å². The van der Waals surface area contributed by atoms with Crippen LogP contribution in [0.5, 0.6) is 5.75 Å². The van der Waals surface area contributed by atoms with Gasteiger partial charge >= 0.3 is 0 Å². The van der Waals surface area contributed by atoms with Crippen LogP contribution in [0.4, 0.5) is 4.39 Å². The van der Waals surface area contributed by atoms with E-state index in [0.29, 0.717) is 11.1 Å². The monoisotopic (exact) mass is 218 g/mol. The highest BCUT2D eigenvalue weighted by molar-refractivity contribution is 5.34. The summed E-state index contributed by atoms with van der Waals surface area (Å²) < 4.78 is 12.7. The van der Waals surface area contributed by atoms with Gasteiger partial charge in [0.15, 0.2) is 0 Å². The number of aliphatic hydroxyl groups excluding tert-OH is 1. The van der Waals surface area contributed by atoms with Crippen LogP contribution in [0.25, 0.3) is 0 Å². The van der Waals surface area contributed by atoms with Crippen LogP contribution < -0.4 is 0 Å². The van der Waals surface area contributed by atoms with Gasteiger partial charge in [0.05, 0.1) is 0 Å². The van der Waals surface area contributed by atoms with Crippen molar-refractivity contribution in [1.82, 2.24) is 0 Å². The molecule has 0 aliphatic carbocycles. The molecule has 1 unspecified atom stereocenters. The molecular weight excluding hydrogens is 207 g/mol. The molecule has 2 N–H and O–H groups in total. The molecule has 0 saturated heterocycles. The molecule has 0 radical (unpaired) electrons. The molecule has 0 aliphatic rings. The van der Waals surface area contributed by atoms with Crippen LogP contribution in [0.15, 0.2) is 48.5 Å². The predicted octanol–water partition coefficient (Wildman–Crippen LogP) is 2.61. The summed E-state index contributed by atoms with van der Waals surface area (Å²) in [5.74, 6) is -0.245. The van der Waals surface area contributed by atoms with Gasteiger partial charge in [-0.3, -0.25) is 0 Å². The van der Waals surface area contributed by atoms with E-state index >= 15 is 0 Å². The predicted molar refractivity (Wildman–Crippen MR) is 58.6 cm³/mol. The molecule has 2 aromatic rings. The summed E-state index contributed by atoms with van der Waals surface area (Å²) in [6.45, 7) is 0. The molecule has 2 nitrogen and oxygen atoms in total. The Bertz CT molecular complexity index is 480. The average Bonchev–Trinajstić information content (AvgIpc) is 2.29. The van der Waals surface area contributed by atoms with Gasteiger partial charge in [-0.15, -0.1) is 0 Å². The van der Waals surface area contributed by atoms with Crippen LogP contribution in [-0.2, 0) is 0 Å². The molecule has 0 aliphatic heterocycles. The van der Waals surface area contributed by atoms with E-state index in [0.717, 1.165) is 0 Å². The van der Waals surface area contributed by atoms with Gasteiger partial charge in [0, 0.05) is 0 Å². The Balaban J connectivity index is 2.31. The number of aliphatic hydroxyl groups is 1. The third kappa shape index (κ3) is 2.20. The summed E-state index contributed by atoms with van der Waals surface area (Å²) in [4.78, 5) is 0. The fraction of sp³-hybridized carbons (Fsp3) is 0.0769. The van der Waals surface area contributed by atoms with Gasteiger partial charge in [-0.05, 0) is 35.4 Å². The summed E-state index contributed by atoms with van der Waals surface area (Å²) in [6, 6.07) is 12.0. The topological polar surface area (TPSA) is 40.5 Å². The lowest BCUT2D eigenvalue weighted by molar-refractivity contribution is 0.219. The molecule has 0 spiro atoms. The molecule has 0 amide bonds. The first kappa shape index (κ1) is 10.6. The zero-order valence-electron chi connectivity index (χ0n) is 8.47. The van der Waals surface area contributed by atoms with Crippen LogP contribution in [0.2, 0.25) is 0 Å². The molecule has 2 aromatic carbocycles. The highest BCUT2D eigenvalue weighted by Gasteiger charge is 2.10. The van der Waals surface area contributed by atoms with Crippen molar-refractivity contribution in [3.05, 3.63) is 65.5 Å². The van der Waals surface area contributed by atoms with Gasteiger partial charge < -0.3 is 10.2 Å². The van der Waals surface area contributed by atoms with Crippen molar-refractivity contribution in [2.45, 2.75) is 6.10 Å². The van der Waals surface area contributed by atoms with Gasteiger partial charge in [0.25, 0.3) is 0 Å². The van der Waals surface area contributed by atoms with Crippen molar-refractivity contribution in [2.75, 3.05) is 0 Å². The van der Waals surface area contributed by atoms with E-state index in [2.05, 4.69) is 0 Å². The Hall–Kier alpha value is -1.87. The lowest BCUT2D eigenvalue weighted by Gasteiger charge is -2.11. The third-order valence-electron chi connectivity index (χ3n) is 2.37. The maximum atomic E-state index is 12.7. The van der Waals surface area contributed by atoms with E-state index in [1.165, 1.54) is 36.4 Å². The Labute approximate surface area is 92.6 Å². The van der Waals surface area contributed by atoms with Crippen LogP contribution in [0.1, 0.15) is 17.2 Å². The minimum atomic E-state index is -0.854. The third-order valence-corrected chi connectivity index (χ3v) is 2.37. The second kappa shape index (κ2) is 4.33. The Morgan fingerprint density at radius 1 is 0.938 bits per heavy atom. The molecule has 16 heavy (non-hydrogen) atoms. The number of aromatic hydroxyl groups is 1. The van der Waals surface area contributed by atoms with Gasteiger partial charge in [0.1, 0.15) is 17.7 Å². The Morgan fingerprint density at radius 2 is 1.62 bits per heavy atom. The fourth-order valence-electron chi connectivity index (χ4n) is 1.53. The first-order chi connectivity index (χ1) is 7.66. The quantitative estimate of drug-likeness (QED) is 0.813. The van der Waals surface area contributed by atoms with Crippen molar-refractivity contribution in [1.29, 1.82) is 0 Å². The van der Waals surface area contributed by atoms with Crippen LogP contribution >= 0.6 is 0 Å². The number of rotatable bonds is 2. The molecule has 0 aromatic heterocycles. The molecule has 82 valence electrons. The number of phenols is 1. The smallest absolute Gasteiger partial charge is 0.123 e. The van der Waals surface area contributed by atoms with Gasteiger partial charge in [-0.25, -0.2) is 4.39 Å². The summed E-state index contributed by atoms with van der Waals surface area (Å²) >= 11 is 0. The van der Waals surface area contributed by atoms with E-state index in [9.17, 15) is 14.6 Å². The molecule has 0 fully saturated rings. The van der Waals surface area contributed by atoms with Crippen LogP contribution in [-0.4, -0.2) is 10.2 Å². The molecule has 0 bridgehead atoms. The molecule has 1 atom stereocenters. The molecule has 0 saturated carbocycles. The van der Waals surface area contributed by atoms with Crippen molar-refractivity contribution in [3.8, 4) is 5.75 Å². The Morgan fingerprint density at radius 3 is 2.25 bits per heavy atom. The summed E-state index contributed by atoms with van der Waals surface area (Å²) in [5.41, 5.74) is 1.17. The van der Waals surface area contributed by atoms with Gasteiger partial charge in [-0.2, -0.15) is 0 Å². The van der Waals surface area contributed by atoms with E-state index in [4.69, 9.17) is 0 Å². The highest BCUT2D eigenvalue weighted by atomic mass is 19.1. The molecular formula is C13H11FO2. The maximum Gasteiger partial charge on any atom is 0.123 e. The largest absolute Gasteiger partial charge is 0.508 e. The average molecular weight is 218 g/mol. The highest BCUT2D eigenvalue weighted by Crippen LogP contribution is 2.24. The summed E-state index contributed by atoms with van der Waals surface area (Å²) in [7, 11) is 0. The van der Waals surface area contributed by atoms with E-state index in [-0.39, 0.29) is 11.6 Å². The second-order valence-corrected chi connectivity index (χ2v) is 3.55. The SMILES string of the molecule is Oc1cccc(C(O)c2ccc(F)cc2)c1. The van der Waals surface area contributed by atoms with Crippen molar-refractivity contribution in [3.63, 3.8) is 0 Å². The van der Waals surface area contributed by atoms with Crippen molar-refractivity contribution in [2.24, 2.45) is 0 Å². The zero-order valence-corrected chi connectivity index (χ0v) is 8.47. The summed E-state index contributed by atoms with van der Waals surface area (Å²) in [6.07, 6.45) is -0.854. The van der Waals surface area contributed by atoms with Crippen LogP contribution in [0.3, 0.4) is 0 Å². The minimum absolute atomic E-state index is 0.0960.